The molecule has 1 fully saturated rings. The average Bonchev–Trinajstić information content (AvgIpc) is 2.51. The van der Waals surface area contributed by atoms with Crippen molar-refractivity contribution < 1.29 is 9.59 Å². The second-order valence-electron chi connectivity index (χ2n) is 7.33. The van der Waals surface area contributed by atoms with Crippen molar-refractivity contribution in [3.8, 4) is 0 Å². The Balaban J connectivity index is 1.90. The molecule has 2 rings (SSSR count). The maximum atomic E-state index is 12.4. The van der Waals surface area contributed by atoms with E-state index in [4.69, 9.17) is 0 Å². The number of aryl methyl sites for hydroxylation is 1. The maximum Gasteiger partial charge on any atom is 0.227 e. The van der Waals surface area contributed by atoms with E-state index >= 15 is 0 Å². The van der Waals surface area contributed by atoms with Gasteiger partial charge in [0.15, 0.2) is 0 Å². The number of aromatic nitrogens is 1. The predicted molar refractivity (Wildman–Crippen MR) is 89.6 cm³/mol. The van der Waals surface area contributed by atoms with E-state index in [1.54, 1.807) is 0 Å². The van der Waals surface area contributed by atoms with Gasteiger partial charge < -0.3 is 10.2 Å². The van der Waals surface area contributed by atoms with E-state index in [1.165, 1.54) is 0 Å². The van der Waals surface area contributed by atoms with E-state index in [1.807, 2.05) is 50.8 Å². The number of rotatable bonds is 3. The van der Waals surface area contributed by atoms with Gasteiger partial charge in [-0.2, -0.15) is 0 Å². The monoisotopic (exact) mass is 317 g/mol. The van der Waals surface area contributed by atoms with E-state index in [0.29, 0.717) is 13.1 Å². The highest BCUT2D eigenvalue weighted by Crippen LogP contribution is 2.23. The van der Waals surface area contributed by atoms with Crippen LogP contribution in [-0.4, -0.2) is 34.8 Å². The minimum absolute atomic E-state index is 0.0136. The smallest absolute Gasteiger partial charge is 0.227 e. The van der Waals surface area contributed by atoms with Crippen molar-refractivity contribution in [2.75, 3.05) is 13.1 Å². The molecule has 2 heterocycles. The maximum absolute atomic E-state index is 12.4. The Bertz CT molecular complexity index is 578. The molecule has 1 aromatic heterocycles. The number of nitrogens with zero attached hydrogens (tertiary/aromatic N) is 2. The van der Waals surface area contributed by atoms with E-state index < -0.39 is 5.41 Å². The molecule has 1 aromatic rings. The number of carbonyl (C=O) groups excluding carboxylic acids is 2. The molecule has 2 amide bonds. The first-order chi connectivity index (χ1) is 10.8. The summed E-state index contributed by atoms with van der Waals surface area (Å²) in [6.07, 6.45) is 1.71. The number of piperidine rings is 1. The van der Waals surface area contributed by atoms with Crippen molar-refractivity contribution in [3.63, 3.8) is 0 Å². The highest BCUT2D eigenvalue weighted by Gasteiger charge is 2.33. The van der Waals surface area contributed by atoms with Gasteiger partial charge >= 0.3 is 0 Å². The summed E-state index contributed by atoms with van der Waals surface area (Å²) in [6, 6.07) is 5.78. The van der Waals surface area contributed by atoms with Crippen molar-refractivity contribution in [3.05, 3.63) is 29.6 Å². The quantitative estimate of drug-likeness (QED) is 0.930. The Morgan fingerprint density at radius 1 is 1.35 bits per heavy atom. The average molecular weight is 317 g/mol. The fourth-order valence-corrected chi connectivity index (χ4v) is 2.87. The van der Waals surface area contributed by atoms with Gasteiger partial charge in [0.25, 0.3) is 0 Å². The van der Waals surface area contributed by atoms with Gasteiger partial charge in [-0.3, -0.25) is 14.6 Å². The Morgan fingerprint density at radius 3 is 2.74 bits per heavy atom. The predicted octanol–water partition coefficient (Wildman–Crippen LogP) is 2.29. The van der Waals surface area contributed by atoms with Crippen LogP contribution in [-0.2, 0) is 16.1 Å². The number of pyridine rings is 1. The number of hydrogen-bond donors (Lipinski definition) is 1. The third-order valence-electron chi connectivity index (χ3n) is 4.11. The molecule has 1 N–H and O–H groups in total. The highest BCUT2D eigenvalue weighted by atomic mass is 16.2. The lowest BCUT2D eigenvalue weighted by molar-refractivity contribution is -0.142. The summed E-state index contributed by atoms with van der Waals surface area (Å²) < 4.78 is 0. The molecular formula is C18H27N3O2. The summed E-state index contributed by atoms with van der Waals surface area (Å²) in [5, 5.41) is 2.95. The Kier molecular flexibility index (Phi) is 5.39. The highest BCUT2D eigenvalue weighted by molar-refractivity contribution is 5.83. The fourth-order valence-electron chi connectivity index (χ4n) is 2.87. The molecule has 23 heavy (non-hydrogen) atoms. The van der Waals surface area contributed by atoms with Crippen LogP contribution in [0.3, 0.4) is 0 Å². The molecule has 0 saturated carbocycles. The first-order valence-electron chi connectivity index (χ1n) is 8.27. The minimum Gasteiger partial charge on any atom is -0.350 e. The van der Waals surface area contributed by atoms with E-state index in [9.17, 15) is 9.59 Å². The Morgan fingerprint density at radius 2 is 2.09 bits per heavy atom. The zero-order valence-corrected chi connectivity index (χ0v) is 14.6. The van der Waals surface area contributed by atoms with Crippen LogP contribution >= 0.6 is 0 Å². The van der Waals surface area contributed by atoms with Crippen molar-refractivity contribution in [1.82, 2.24) is 15.2 Å². The van der Waals surface area contributed by atoms with Crippen LogP contribution in [0, 0.1) is 18.3 Å². The Hall–Kier alpha value is -1.91. The van der Waals surface area contributed by atoms with E-state index in [2.05, 4.69) is 10.3 Å². The number of nitrogens with one attached hydrogen (secondary N) is 1. The van der Waals surface area contributed by atoms with Gasteiger partial charge in [-0.1, -0.05) is 26.8 Å². The van der Waals surface area contributed by atoms with Gasteiger partial charge in [-0.15, -0.1) is 0 Å². The molecule has 1 saturated heterocycles. The lowest BCUT2D eigenvalue weighted by Gasteiger charge is -2.35. The van der Waals surface area contributed by atoms with Crippen LogP contribution in [0.15, 0.2) is 18.2 Å². The lowest BCUT2D eigenvalue weighted by Crippen LogP contribution is -2.48. The molecule has 126 valence electrons. The van der Waals surface area contributed by atoms with Crippen LogP contribution in [0.25, 0.3) is 0 Å². The number of likely N-dealkylation sites (tertiary alicyclic amines) is 1. The molecule has 1 aliphatic rings. The van der Waals surface area contributed by atoms with Crippen LogP contribution in [0.1, 0.15) is 45.0 Å². The molecule has 1 aliphatic heterocycles. The van der Waals surface area contributed by atoms with E-state index in [-0.39, 0.29) is 17.7 Å². The topological polar surface area (TPSA) is 62.3 Å². The molecule has 1 unspecified atom stereocenters. The number of amides is 2. The summed E-state index contributed by atoms with van der Waals surface area (Å²) in [4.78, 5) is 31.0. The molecular weight excluding hydrogens is 290 g/mol. The molecule has 0 aliphatic carbocycles. The van der Waals surface area contributed by atoms with Crippen molar-refractivity contribution in [1.29, 1.82) is 0 Å². The fraction of sp³-hybridized carbons (Fsp3) is 0.611. The zero-order valence-electron chi connectivity index (χ0n) is 14.6. The second kappa shape index (κ2) is 7.11. The van der Waals surface area contributed by atoms with Gasteiger partial charge in [0.1, 0.15) is 0 Å². The van der Waals surface area contributed by atoms with Crippen LogP contribution in [0.5, 0.6) is 0 Å². The van der Waals surface area contributed by atoms with Crippen molar-refractivity contribution in [2.45, 2.75) is 47.1 Å². The molecule has 1 atom stereocenters. The molecule has 0 aromatic carbocycles. The molecule has 0 spiro atoms. The van der Waals surface area contributed by atoms with Gasteiger partial charge in [0, 0.05) is 24.2 Å². The SMILES string of the molecule is Cc1cccc(CNC(=O)C2CCCN(C(=O)C(C)(C)C)C2)n1. The normalized spacial score (nSPS) is 18.6. The van der Waals surface area contributed by atoms with Gasteiger partial charge in [-0.05, 0) is 31.9 Å². The first kappa shape index (κ1) is 17.4. The number of carbonyl (C=O) groups is 2. The molecule has 0 bridgehead atoms. The van der Waals surface area contributed by atoms with Crippen molar-refractivity contribution >= 4 is 11.8 Å². The van der Waals surface area contributed by atoms with Crippen LogP contribution < -0.4 is 5.32 Å². The van der Waals surface area contributed by atoms with Crippen molar-refractivity contribution in [2.24, 2.45) is 11.3 Å². The third-order valence-corrected chi connectivity index (χ3v) is 4.11. The third kappa shape index (κ3) is 4.78. The largest absolute Gasteiger partial charge is 0.350 e. The molecule has 0 radical (unpaired) electrons. The second-order valence-corrected chi connectivity index (χ2v) is 7.33. The first-order valence-corrected chi connectivity index (χ1v) is 8.27. The summed E-state index contributed by atoms with van der Waals surface area (Å²) in [5.41, 5.74) is 1.40. The van der Waals surface area contributed by atoms with Gasteiger partial charge in [0.2, 0.25) is 11.8 Å². The summed E-state index contributed by atoms with van der Waals surface area (Å²) >= 11 is 0. The molecule has 5 nitrogen and oxygen atoms in total. The number of hydrogen-bond acceptors (Lipinski definition) is 3. The summed E-state index contributed by atoms with van der Waals surface area (Å²) in [6.45, 7) is 9.39. The van der Waals surface area contributed by atoms with Crippen LogP contribution in [0.4, 0.5) is 0 Å². The van der Waals surface area contributed by atoms with E-state index in [0.717, 1.165) is 30.8 Å². The van der Waals surface area contributed by atoms with Gasteiger partial charge in [-0.25, -0.2) is 0 Å². The molecule has 5 heteroatoms. The van der Waals surface area contributed by atoms with Crippen LogP contribution in [0.2, 0.25) is 0 Å². The standard InChI is InChI=1S/C18H27N3O2/c1-13-7-5-9-15(20-13)11-19-16(22)14-8-6-10-21(12-14)17(23)18(2,3)4/h5,7,9,14H,6,8,10-12H2,1-4H3,(H,19,22). The summed E-state index contributed by atoms with van der Waals surface area (Å²) in [5.74, 6) is 0.00919. The lowest BCUT2D eigenvalue weighted by atomic mass is 9.91. The Labute approximate surface area is 138 Å². The van der Waals surface area contributed by atoms with Gasteiger partial charge in [0.05, 0.1) is 18.2 Å². The minimum atomic E-state index is -0.399. The zero-order chi connectivity index (χ0) is 17.0. The summed E-state index contributed by atoms with van der Waals surface area (Å²) in [7, 11) is 0.